The van der Waals surface area contributed by atoms with Crippen molar-refractivity contribution < 1.29 is 14.4 Å². The molecule has 8 nitrogen and oxygen atoms in total. The zero-order valence-electron chi connectivity index (χ0n) is 19.9. The molecule has 0 saturated heterocycles. The van der Waals surface area contributed by atoms with E-state index in [1.54, 1.807) is 24.3 Å². The molecule has 36 heavy (non-hydrogen) atoms. The molecule has 182 valence electrons. The third-order valence-corrected chi connectivity index (χ3v) is 6.46. The van der Waals surface area contributed by atoms with Crippen LogP contribution >= 0.6 is 0 Å². The lowest BCUT2D eigenvalue weighted by Gasteiger charge is -2.20. The average Bonchev–Trinajstić information content (AvgIpc) is 3.17. The minimum absolute atomic E-state index is 0.0734. The van der Waals surface area contributed by atoms with Crippen LogP contribution < -0.4 is 16.0 Å². The van der Waals surface area contributed by atoms with Gasteiger partial charge in [-0.1, -0.05) is 54.6 Å². The SMILES string of the molecule is Cn1c(C(Cc2ccccc2)NC(=O)CCC2NC(=O)c3ccccc3NC2=O)nc2ccccc21. The summed E-state index contributed by atoms with van der Waals surface area (Å²) < 4.78 is 2.00. The number of anilines is 1. The summed E-state index contributed by atoms with van der Waals surface area (Å²) >= 11 is 0. The van der Waals surface area contributed by atoms with Crippen LogP contribution in [0.1, 0.15) is 40.6 Å². The highest BCUT2D eigenvalue weighted by molar-refractivity contribution is 6.09. The molecule has 3 aromatic carbocycles. The van der Waals surface area contributed by atoms with E-state index in [2.05, 4.69) is 16.0 Å². The summed E-state index contributed by atoms with van der Waals surface area (Å²) in [5.41, 5.74) is 3.79. The van der Waals surface area contributed by atoms with E-state index in [4.69, 9.17) is 4.98 Å². The van der Waals surface area contributed by atoms with Crippen LogP contribution in [0.3, 0.4) is 0 Å². The smallest absolute Gasteiger partial charge is 0.254 e. The fourth-order valence-corrected chi connectivity index (χ4v) is 4.59. The number of benzene rings is 3. The largest absolute Gasteiger partial charge is 0.346 e. The highest BCUT2D eigenvalue weighted by atomic mass is 16.2. The molecule has 2 heterocycles. The van der Waals surface area contributed by atoms with Crippen LogP contribution in [-0.4, -0.2) is 33.3 Å². The van der Waals surface area contributed by atoms with Gasteiger partial charge in [0.2, 0.25) is 11.8 Å². The summed E-state index contributed by atoms with van der Waals surface area (Å²) in [5.74, 6) is -0.135. The van der Waals surface area contributed by atoms with Gasteiger partial charge in [-0.05, 0) is 42.7 Å². The number of aromatic nitrogens is 2. The number of amides is 3. The summed E-state index contributed by atoms with van der Waals surface area (Å²) in [6.45, 7) is 0. The second-order valence-electron chi connectivity index (χ2n) is 8.93. The van der Waals surface area contributed by atoms with Crippen LogP contribution in [0, 0.1) is 0 Å². The number of carbonyl (C=O) groups is 3. The van der Waals surface area contributed by atoms with Crippen LogP contribution in [0.25, 0.3) is 11.0 Å². The Morgan fingerprint density at radius 3 is 2.53 bits per heavy atom. The van der Waals surface area contributed by atoms with Crippen molar-refractivity contribution in [3.05, 3.63) is 95.8 Å². The number of para-hydroxylation sites is 3. The molecule has 8 heteroatoms. The first-order valence-corrected chi connectivity index (χ1v) is 11.9. The van der Waals surface area contributed by atoms with E-state index in [0.29, 0.717) is 17.7 Å². The molecule has 3 amide bonds. The Bertz CT molecular complexity index is 1430. The van der Waals surface area contributed by atoms with Crippen LogP contribution in [0.15, 0.2) is 78.9 Å². The molecule has 0 saturated carbocycles. The summed E-state index contributed by atoms with van der Waals surface area (Å²) in [4.78, 5) is 43.2. The molecule has 2 atom stereocenters. The predicted octanol–water partition coefficient (Wildman–Crippen LogP) is 3.50. The van der Waals surface area contributed by atoms with Gasteiger partial charge in [-0.15, -0.1) is 0 Å². The first kappa shape index (κ1) is 23.3. The van der Waals surface area contributed by atoms with Crippen molar-refractivity contribution >= 4 is 34.4 Å². The molecule has 0 radical (unpaired) electrons. The van der Waals surface area contributed by atoms with Crippen LogP contribution in [0.4, 0.5) is 5.69 Å². The quantitative estimate of drug-likeness (QED) is 0.376. The zero-order valence-corrected chi connectivity index (χ0v) is 19.9. The molecule has 1 aliphatic heterocycles. The van der Waals surface area contributed by atoms with Gasteiger partial charge in [-0.25, -0.2) is 4.98 Å². The first-order chi connectivity index (χ1) is 17.5. The standard InChI is InChI=1S/C28H27N5O3/c1-33-24-14-8-7-13-21(24)30-26(33)23(17-18-9-3-2-4-10-18)29-25(34)16-15-22-28(36)31-20-12-6-5-11-19(20)27(35)32-22/h2-14,22-23H,15-17H2,1H3,(H,29,34)(H,31,36)(H,32,35). The van der Waals surface area contributed by atoms with E-state index in [1.165, 1.54) is 0 Å². The molecule has 1 aliphatic rings. The van der Waals surface area contributed by atoms with Crippen molar-refractivity contribution in [3.8, 4) is 0 Å². The molecule has 3 N–H and O–H groups in total. The van der Waals surface area contributed by atoms with Gasteiger partial charge in [-0.2, -0.15) is 0 Å². The summed E-state index contributed by atoms with van der Waals surface area (Å²) in [6.07, 6.45) is 0.821. The van der Waals surface area contributed by atoms with Gasteiger partial charge >= 0.3 is 0 Å². The van der Waals surface area contributed by atoms with E-state index < -0.39 is 6.04 Å². The Morgan fingerprint density at radius 2 is 1.72 bits per heavy atom. The molecular formula is C28H27N5O3. The van der Waals surface area contributed by atoms with Crippen molar-refractivity contribution in [1.82, 2.24) is 20.2 Å². The number of nitrogens with one attached hydrogen (secondary N) is 3. The lowest BCUT2D eigenvalue weighted by molar-refractivity contribution is -0.122. The van der Waals surface area contributed by atoms with Gasteiger partial charge in [-0.3, -0.25) is 14.4 Å². The van der Waals surface area contributed by atoms with Crippen molar-refractivity contribution in [2.45, 2.75) is 31.3 Å². The van der Waals surface area contributed by atoms with Crippen molar-refractivity contribution in [3.63, 3.8) is 0 Å². The molecule has 0 aliphatic carbocycles. The first-order valence-electron chi connectivity index (χ1n) is 11.9. The molecule has 1 aromatic heterocycles. The van der Waals surface area contributed by atoms with E-state index in [9.17, 15) is 14.4 Å². The molecule has 0 fully saturated rings. The molecular weight excluding hydrogens is 454 g/mol. The predicted molar refractivity (Wildman–Crippen MR) is 137 cm³/mol. The Balaban J connectivity index is 1.31. The van der Waals surface area contributed by atoms with Gasteiger partial charge in [0.25, 0.3) is 5.91 Å². The number of hydrogen-bond donors (Lipinski definition) is 3. The normalized spacial score (nSPS) is 16.0. The molecule has 2 unspecified atom stereocenters. The highest BCUT2D eigenvalue weighted by Gasteiger charge is 2.28. The number of nitrogens with zero attached hydrogens (tertiary/aromatic N) is 2. The lowest BCUT2D eigenvalue weighted by atomic mass is 10.0. The maximum Gasteiger partial charge on any atom is 0.254 e. The molecule has 0 bridgehead atoms. The molecule has 5 rings (SSSR count). The Hall–Kier alpha value is -4.46. The summed E-state index contributed by atoms with van der Waals surface area (Å²) in [6, 6.07) is 23.5. The number of aryl methyl sites for hydroxylation is 1. The van der Waals surface area contributed by atoms with Gasteiger partial charge in [0.05, 0.1) is 28.3 Å². The third-order valence-electron chi connectivity index (χ3n) is 6.46. The lowest BCUT2D eigenvalue weighted by Crippen LogP contribution is -2.42. The Morgan fingerprint density at radius 1 is 1.00 bits per heavy atom. The molecule has 4 aromatic rings. The highest BCUT2D eigenvalue weighted by Crippen LogP contribution is 2.23. The van der Waals surface area contributed by atoms with Gasteiger partial charge in [0, 0.05) is 13.5 Å². The topological polar surface area (TPSA) is 105 Å². The third kappa shape index (κ3) is 4.84. The molecule has 0 spiro atoms. The van der Waals surface area contributed by atoms with Crippen molar-refractivity contribution in [2.24, 2.45) is 7.05 Å². The fourth-order valence-electron chi connectivity index (χ4n) is 4.59. The minimum Gasteiger partial charge on any atom is -0.346 e. The van der Waals surface area contributed by atoms with Gasteiger partial charge in [0.1, 0.15) is 11.9 Å². The number of fused-ring (bicyclic) bond motifs is 2. The van der Waals surface area contributed by atoms with E-state index in [0.717, 1.165) is 22.4 Å². The van der Waals surface area contributed by atoms with Gasteiger partial charge < -0.3 is 20.5 Å². The second kappa shape index (κ2) is 10.0. The summed E-state index contributed by atoms with van der Waals surface area (Å²) in [5, 5.41) is 8.64. The maximum absolute atomic E-state index is 13.1. The van der Waals surface area contributed by atoms with Crippen LogP contribution in [0.5, 0.6) is 0 Å². The van der Waals surface area contributed by atoms with E-state index in [-0.39, 0.29) is 36.6 Å². The monoisotopic (exact) mass is 481 g/mol. The van der Waals surface area contributed by atoms with Crippen molar-refractivity contribution in [2.75, 3.05) is 5.32 Å². The van der Waals surface area contributed by atoms with E-state index in [1.807, 2.05) is 66.2 Å². The summed E-state index contributed by atoms with van der Waals surface area (Å²) in [7, 11) is 1.94. The zero-order chi connectivity index (χ0) is 25.1. The Kier molecular flexibility index (Phi) is 6.49. The fraction of sp³-hybridized carbons (Fsp3) is 0.214. The minimum atomic E-state index is -0.807. The van der Waals surface area contributed by atoms with Crippen molar-refractivity contribution in [1.29, 1.82) is 0 Å². The number of hydrogen-bond acceptors (Lipinski definition) is 4. The number of rotatable bonds is 7. The van der Waals surface area contributed by atoms with Gasteiger partial charge in [0.15, 0.2) is 0 Å². The number of imidazole rings is 1. The average molecular weight is 482 g/mol. The van der Waals surface area contributed by atoms with E-state index >= 15 is 0 Å². The second-order valence-corrected chi connectivity index (χ2v) is 8.93. The number of carbonyl (C=O) groups excluding carboxylic acids is 3. The maximum atomic E-state index is 13.1. The van der Waals surface area contributed by atoms with Crippen LogP contribution in [-0.2, 0) is 23.1 Å². The Labute approximate surface area is 208 Å². The van der Waals surface area contributed by atoms with Crippen LogP contribution in [0.2, 0.25) is 0 Å².